The van der Waals surface area contributed by atoms with Crippen LogP contribution in [0.5, 0.6) is 17.2 Å². The van der Waals surface area contributed by atoms with E-state index in [2.05, 4.69) is 10.6 Å². The summed E-state index contributed by atoms with van der Waals surface area (Å²) in [5, 5.41) is 5.34. The van der Waals surface area contributed by atoms with Crippen molar-refractivity contribution in [3.05, 3.63) is 48.3 Å². The SMILES string of the molecule is COc1cccc(NC(=O)NCCOc2ccc(F)cc2)c1OC. The third kappa shape index (κ3) is 4.77. The lowest BCUT2D eigenvalue weighted by Gasteiger charge is -2.14. The first kappa shape index (κ1) is 17.4. The van der Waals surface area contributed by atoms with Crippen LogP contribution in [-0.4, -0.2) is 33.4 Å². The number of carbonyl (C=O) groups excluding carboxylic acids is 1. The summed E-state index contributed by atoms with van der Waals surface area (Å²) in [6.07, 6.45) is 0. The zero-order valence-electron chi connectivity index (χ0n) is 13.5. The molecule has 2 aromatic rings. The summed E-state index contributed by atoms with van der Waals surface area (Å²) in [5.74, 6) is 1.17. The highest BCUT2D eigenvalue weighted by atomic mass is 19.1. The molecule has 2 rings (SSSR count). The number of ether oxygens (including phenoxy) is 3. The molecule has 0 spiro atoms. The topological polar surface area (TPSA) is 68.8 Å². The van der Waals surface area contributed by atoms with Crippen LogP contribution in [0.2, 0.25) is 0 Å². The van der Waals surface area contributed by atoms with Crippen LogP contribution in [0.4, 0.5) is 14.9 Å². The number of benzene rings is 2. The lowest BCUT2D eigenvalue weighted by Crippen LogP contribution is -2.32. The molecule has 0 fully saturated rings. The van der Waals surface area contributed by atoms with Gasteiger partial charge in [0.25, 0.3) is 0 Å². The van der Waals surface area contributed by atoms with Crippen LogP contribution < -0.4 is 24.8 Å². The highest BCUT2D eigenvalue weighted by molar-refractivity contribution is 5.91. The fourth-order valence-corrected chi connectivity index (χ4v) is 2.02. The number of anilines is 1. The molecular weight excluding hydrogens is 315 g/mol. The number of urea groups is 1. The number of methoxy groups -OCH3 is 2. The van der Waals surface area contributed by atoms with Crippen LogP contribution >= 0.6 is 0 Å². The first-order valence-electron chi connectivity index (χ1n) is 7.28. The van der Waals surface area contributed by atoms with Gasteiger partial charge in [-0.15, -0.1) is 0 Å². The van der Waals surface area contributed by atoms with Gasteiger partial charge in [-0.2, -0.15) is 0 Å². The molecule has 2 amide bonds. The van der Waals surface area contributed by atoms with E-state index in [1.165, 1.54) is 38.5 Å². The van der Waals surface area contributed by atoms with E-state index >= 15 is 0 Å². The average molecular weight is 334 g/mol. The smallest absolute Gasteiger partial charge is 0.319 e. The van der Waals surface area contributed by atoms with Gasteiger partial charge >= 0.3 is 6.03 Å². The molecule has 7 heteroatoms. The van der Waals surface area contributed by atoms with Crippen molar-refractivity contribution < 1.29 is 23.4 Å². The predicted octanol–water partition coefficient (Wildman–Crippen LogP) is 3.04. The first-order chi connectivity index (χ1) is 11.6. The van der Waals surface area contributed by atoms with Gasteiger partial charge in [0, 0.05) is 0 Å². The maximum atomic E-state index is 12.8. The summed E-state index contributed by atoms with van der Waals surface area (Å²) in [5.41, 5.74) is 0.494. The van der Waals surface area contributed by atoms with Gasteiger partial charge in [-0.25, -0.2) is 9.18 Å². The Kier molecular flexibility index (Phi) is 6.24. The number of amides is 2. The van der Waals surface area contributed by atoms with Gasteiger partial charge in [-0.1, -0.05) is 6.07 Å². The molecule has 0 aliphatic rings. The second-order valence-corrected chi connectivity index (χ2v) is 4.72. The molecule has 0 saturated heterocycles. The van der Waals surface area contributed by atoms with Crippen LogP contribution in [0.3, 0.4) is 0 Å². The van der Waals surface area contributed by atoms with Crippen molar-refractivity contribution in [1.29, 1.82) is 0 Å². The van der Waals surface area contributed by atoms with Gasteiger partial charge in [0.2, 0.25) is 0 Å². The maximum Gasteiger partial charge on any atom is 0.319 e. The Labute approximate surface area is 139 Å². The third-order valence-electron chi connectivity index (χ3n) is 3.12. The van der Waals surface area contributed by atoms with E-state index in [0.717, 1.165) is 0 Å². The Balaban J connectivity index is 1.80. The van der Waals surface area contributed by atoms with Gasteiger partial charge in [0.1, 0.15) is 18.2 Å². The Morgan fingerprint density at radius 2 is 1.83 bits per heavy atom. The summed E-state index contributed by atoms with van der Waals surface area (Å²) in [7, 11) is 3.02. The minimum Gasteiger partial charge on any atom is -0.493 e. The highest BCUT2D eigenvalue weighted by Gasteiger charge is 2.11. The van der Waals surface area contributed by atoms with Crippen molar-refractivity contribution in [2.24, 2.45) is 0 Å². The van der Waals surface area contributed by atoms with Crippen LogP contribution in [0.15, 0.2) is 42.5 Å². The highest BCUT2D eigenvalue weighted by Crippen LogP contribution is 2.34. The molecule has 0 aliphatic heterocycles. The van der Waals surface area contributed by atoms with Crippen LogP contribution in [0, 0.1) is 5.82 Å². The largest absolute Gasteiger partial charge is 0.493 e. The van der Waals surface area contributed by atoms with Crippen molar-refractivity contribution in [3.8, 4) is 17.2 Å². The molecule has 0 aliphatic carbocycles. The van der Waals surface area contributed by atoms with E-state index in [9.17, 15) is 9.18 Å². The molecule has 0 heterocycles. The van der Waals surface area contributed by atoms with Gasteiger partial charge in [-0.05, 0) is 36.4 Å². The number of rotatable bonds is 7. The van der Waals surface area contributed by atoms with Gasteiger partial charge in [0.15, 0.2) is 11.5 Å². The van der Waals surface area contributed by atoms with Gasteiger partial charge in [0.05, 0.1) is 26.5 Å². The molecule has 0 saturated carbocycles. The van der Waals surface area contributed by atoms with E-state index in [1.54, 1.807) is 18.2 Å². The molecule has 128 valence electrons. The van der Waals surface area contributed by atoms with E-state index in [1.807, 2.05) is 0 Å². The van der Waals surface area contributed by atoms with Crippen LogP contribution in [0.1, 0.15) is 0 Å². The molecule has 6 nitrogen and oxygen atoms in total. The number of hydrogen-bond acceptors (Lipinski definition) is 4. The van der Waals surface area contributed by atoms with Crippen molar-refractivity contribution in [1.82, 2.24) is 5.32 Å². The summed E-state index contributed by atoms with van der Waals surface area (Å²) in [6.45, 7) is 0.545. The van der Waals surface area contributed by atoms with Crippen LogP contribution in [0.25, 0.3) is 0 Å². The molecule has 0 aromatic heterocycles. The number of carbonyl (C=O) groups is 1. The van der Waals surface area contributed by atoms with Crippen molar-refractivity contribution in [2.45, 2.75) is 0 Å². The molecule has 0 bridgehead atoms. The number of nitrogens with one attached hydrogen (secondary N) is 2. The van der Waals surface area contributed by atoms with Crippen molar-refractivity contribution in [3.63, 3.8) is 0 Å². The summed E-state index contributed by atoms with van der Waals surface area (Å²) < 4.78 is 28.6. The summed E-state index contributed by atoms with van der Waals surface area (Å²) in [4.78, 5) is 11.9. The van der Waals surface area contributed by atoms with Gasteiger partial charge < -0.3 is 24.8 Å². The van der Waals surface area contributed by atoms with Crippen molar-refractivity contribution >= 4 is 11.7 Å². The second kappa shape index (κ2) is 8.61. The molecular formula is C17H19FN2O4. The van der Waals surface area contributed by atoms with E-state index in [4.69, 9.17) is 14.2 Å². The quantitative estimate of drug-likeness (QED) is 0.764. The molecule has 0 radical (unpaired) electrons. The number of halogens is 1. The summed E-state index contributed by atoms with van der Waals surface area (Å²) in [6, 6.07) is 10.5. The van der Waals surface area contributed by atoms with Crippen molar-refractivity contribution in [2.75, 3.05) is 32.7 Å². The monoisotopic (exact) mass is 334 g/mol. The Bertz CT molecular complexity index is 677. The lowest BCUT2D eigenvalue weighted by atomic mass is 10.2. The fraction of sp³-hybridized carbons (Fsp3) is 0.235. The van der Waals surface area contributed by atoms with E-state index < -0.39 is 6.03 Å². The third-order valence-corrected chi connectivity index (χ3v) is 3.12. The Hall–Kier alpha value is -2.96. The molecule has 24 heavy (non-hydrogen) atoms. The average Bonchev–Trinajstić information content (AvgIpc) is 2.60. The molecule has 2 N–H and O–H groups in total. The lowest BCUT2D eigenvalue weighted by molar-refractivity contribution is 0.247. The molecule has 0 atom stereocenters. The van der Waals surface area contributed by atoms with Crippen LogP contribution in [-0.2, 0) is 0 Å². The van der Waals surface area contributed by atoms with Gasteiger partial charge in [-0.3, -0.25) is 0 Å². The normalized spacial score (nSPS) is 9.96. The number of hydrogen-bond donors (Lipinski definition) is 2. The molecule has 2 aromatic carbocycles. The predicted molar refractivity (Wildman–Crippen MR) is 88.5 cm³/mol. The second-order valence-electron chi connectivity index (χ2n) is 4.72. The number of para-hydroxylation sites is 1. The van der Waals surface area contributed by atoms with E-state index in [0.29, 0.717) is 22.9 Å². The first-order valence-corrected chi connectivity index (χ1v) is 7.28. The minimum atomic E-state index is -0.399. The fourth-order valence-electron chi connectivity index (χ4n) is 2.02. The van der Waals surface area contributed by atoms with E-state index in [-0.39, 0.29) is 19.0 Å². The zero-order chi connectivity index (χ0) is 17.4. The zero-order valence-corrected chi connectivity index (χ0v) is 13.5. The minimum absolute atomic E-state index is 0.258. The Morgan fingerprint density at radius 1 is 1.08 bits per heavy atom. The Morgan fingerprint density at radius 3 is 2.50 bits per heavy atom. The molecule has 0 unspecified atom stereocenters. The summed E-state index contributed by atoms with van der Waals surface area (Å²) >= 11 is 0. The standard InChI is InChI=1S/C17H19FN2O4/c1-22-15-5-3-4-14(16(15)23-2)20-17(21)19-10-11-24-13-8-6-12(18)7-9-13/h3-9H,10-11H2,1-2H3,(H2,19,20,21). The maximum absolute atomic E-state index is 12.8.